The molecular formula is C20H24O6. The third-order valence-electron chi connectivity index (χ3n) is 4.74. The molecule has 0 aromatic rings. The van der Waals surface area contributed by atoms with Crippen LogP contribution in [0.4, 0.5) is 0 Å². The Hall–Kier alpha value is -2.47. The van der Waals surface area contributed by atoms with Crippen molar-refractivity contribution >= 4 is 17.7 Å². The van der Waals surface area contributed by atoms with E-state index in [1.165, 1.54) is 12.2 Å². The van der Waals surface area contributed by atoms with Crippen molar-refractivity contribution in [3.05, 3.63) is 47.1 Å². The van der Waals surface area contributed by atoms with Crippen LogP contribution < -0.4 is 0 Å². The van der Waals surface area contributed by atoms with Crippen LogP contribution in [-0.2, 0) is 23.9 Å². The summed E-state index contributed by atoms with van der Waals surface area (Å²) in [5.74, 6) is -2.15. The number of fused-ring (bicyclic) bond motifs is 1. The second-order valence-corrected chi connectivity index (χ2v) is 6.77. The molecule has 0 aromatic heterocycles. The van der Waals surface area contributed by atoms with Crippen LogP contribution in [0, 0.1) is 5.92 Å². The van der Waals surface area contributed by atoms with Crippen LogP contribution in [0.2, 0.25) is 0 Å². The van der Waals surface area contributed by atoms with Crippen LogP contribution in [0.1, 0.15) is 34.1 Å². The Morgan fingerprint density at radius 2 is 2.00 bits per heavy atom. The van der Waals surface area contributed by atoms with Gasteiger partial charge >= 0.3 is 11.9 Å². The zero-order valence-corrected chi connectivity index (χ0v) is 15.4. The van der Waals surface area contributed by atoms with Crippen molar-refractivity contribution in [2.24, 2.45) is 5.92 Å². The van der Waals surface area contributed by atoms with E-state index in [-0.39, 0.29) is 17.8 Å². The predicted molar refractivity (Wildman–Crippen MR) is 95.0 cm³/mol. The van der Waals surface area contributed by atoms with Crippen molar-refractivity contribution in [3.8, 4) is 0 Å². The molecule has 6 nitrogen and oxygen atoms in total. The summed E-state index contributed by atoms with van der Waals surface area (Å²) in [6, 6.07) is 0. The molecule has 0 bridgehead atoms. The molecule has 0 radical (unpaired) electrons. The molecule has 1 N–H and O–H groups in total. The second-order valence-electron chi connectivity index (χ2n) is 6.77. The Morgan fingerprint density at radius 1 is 1.35 bits per heavy atom. The summed E-state index contributed by atoms with van der Waals surface area (Å²) in [6.45, 7) is 10.4. The molecular weight excluding hydrogens is 336 g/mol. The average molecular weight is 360 g/mol. The van der Waals surface area contributed by atoms with Crippen LogP contribution in [-0.4, -0.2) is 41.1 Å². The monoisotopic (exact) mass is 360 g/mol. The van der Waals surface area contributed by atoms with Gasteiger partial charge in [-0.1, -0.05) is 18.2 Å². The maximum Gasteiger partial charge on any atom is 0.334 e. The topological polar surface area (TPSA) is 89.9 Å². The number of aliphatic hydroxyl groups excluding tert-OH is 1. The first kappa shape index (κ1) is 19.8. The van der Waals surface area contributed by atoms with Crippen LogP contribution >= 0.6 is 0 Å². The number of ketones is 1. The van der Waals surface area contributed by atoms with E-state index in [0.717, 1.165) is 0 Å². The molecule has 6 heteroatoms. The molecule has 26 heavy (non-hydrogen) atoms. The molecule has 0 amide bonds. The molecule has 4 atom stereocenters. The van der Waals surface area contributed by atoms with Gasteiger partial charge in [0, 0.05) is 17.6 Å². The van der Waals surface area contributed by atoms with Gasteiger partial charge in [-0.2, -0.15) is 0 Å². The number of hydrogen-bond donors (Lipinski definition) is 1. The lowest BCUT2D eigenvalue weighted by Crippen LogP contribution is -2.41. The average Bonchev–Trinajstić information content (AvgIpc) is 2.86. The van der Waals surface area contributed by atoms with Gasteiger partial charge in [-0.25, -0.2) is 9.59 Å². The van der Waals surface area contributed by atoms with Gasteiger partial charge in [0.1, 0.15) is 18.3 Å². The SMILES string of the molecule is C=C1C(=O)OC2[C@@H](O)/C(C)=C\C(=O)/C=C(\C)C[C@H](OC(=O)/C(C)=C/C)[C@@H]12. The van der Waals surface area contributed by atoms with E-state index in [1.54, 1.807) is 33.8 Å². The normalized spacial score (nSPS) is 34.2. The maximum absolute atomic E-state index is 12.3. The van der Waals surface area contributed by atoms with Crippen LogP contribution in [0.5, 0.6) is 0 Å². The lowest BCUT2D eigenvalue weighted by atomic mass is 9.83. The van der Waals surface area contributed by atoms with Crippen LogP contribution in [0.15, 0.2) is 47.1 Å². The van der Waals surface area contributed by atoms with Gasteiger partial charge in [0.25, 0.3) is 0 Å². The molecule has 2 rings (SSSR count). The highest BCUT2D eigenvalue weighted by Gasteiger charge is 2.48. The van der Waals surface area contributed by atoms with E-state index in [2.05, 4.69) is 6.58 Å². The summed E-state index contributed by atoms with van der Waals surface area (Å²) in [4.78, 5) is 36.4. The highest BCUT2D eigenvalue weighted by atomic mass is 16.6. The summed E-state index contributed by atoms with van der Waals surface area (Å²) >= 11 is 0. The first-order valence-electron chi connectivity index (χ1n) is 8.46. The number of carbonyl (C=O) groups is 3. The smallest absolute Gasteiger partial charge is 0.334 e. The number of hydrogen-bond acceptors (Lipinski definition) is 6. The van der Waals surface area contributed by atoms with Gasteiger partial charge in [-0.05, 0) is 45.4 Å². The molecule has 0 saturated carbocycles. The van der Waals surface area contributed by atoms with Gasteiger partial charge in [-0.15, -0.1) is 0 Å². The lowest BCUT2D eigenvalue weighted by molar-refractivity contribution is -0.150. The molecule has 1 heterocycles. The van der Waals surface area contributed by atoms with Crippen molar-refractivity contribution in [2.45, 2.75) is 52.4 Å². The predicted octanol–water partition coefficient (Wildman–Crippen LogP) is 2.19. The molecule has 1 aliphatic heterocycles. The molecule has 1 unspecified atom stereocenters. The number of esters is 2. The Balaban J connectivity index is 2.49. The van der Waals surface area contributed by atoms with E-state index < -0.39 is 36.2 Å². The number of aliphatic hydroxyl groups is 1. The number of rotatable bonds is 2. The molecule has 2 aliphatic rings. The van der Waals surface area contributed by atoms with Gasteiger partial charge < -0.3 is 14.6 Å². The molecule has 1 saturated heterocycles. The third-order valence-corrected chi connectivity index (χ3v) is 4.74. The second kappa shape index (κ2) is 7.83. The van der Waals surface area contributed by atoms with Crippen molar-refractivity contribution in [3.63, 3.8) is 0 Å². The molecule has 1 aliphatic carbocycles. The fourth-order valence-corrected chi connectivity index (χ4v) is 3.12. The van der Waals surface area contributed by atoms with E-state index in [4.69, 9.17) is 9.47 Å². The minimum atomic E-state index is -1.19. The molecule has 1 fully saturated rings. The maximum atomic E-state index is 12.3. The zero-order valence-electron chi connectivity index (χ0n) is 15.4. The Labute approximate surface area is 152 Å². The highest BCUT2D eigenvalue weighted by molar-refractivity contribution is 6.00. The van der Waals surface area contributed by atoms with Crippen LogP contribution in [0.3, 0.4) is 0 Å². The van der Waals surface area contributed by atoms with E-state index in [0.29, 0.717) is 16.7 Å². The number of carbonyl (C=O) groups excluding carboxylic acids is 3. The largest absolute Gasteiger partial charge is 0.458 e. The lowest BCUT2D eigenvalue weighted by Gasteiger charge is -2.30. The summed E-state index contributed by atoms with van der Waals surface area (Å²) in [7, 11) is 0. The summed E-state index contributed by atoms with van der Waals surface area (Å²) < 4.78 is 10.9. The Bertz CT molecular complexity index is 739. The van der Waals surface area contributed by atoms with Gasteiger partial charge in [-0.3, -0.25) is 4.79 Å². The fourth-order valence-electron chi connectivity index (χ4n) is 3.12. The summed E-state index contributed by atoms with van der Waals surface area (Å²) in [5.41, 5.74) is 1.63. The minimum Gasteiger partial charge on any atom is -0.458 e. The quantitative estimate of drug-likeness (QED) is 0.600. The van der Waals surface area contributed by atoms with E-state index in [9.17, 15) is 19.5 Å². The third kappa shape index (κ3) is 4.02. The van der Waals surface area contributed by atoms with Gasteiger partial charge in [0.15, 0.2) is 5.78 Å². The van der Waals surface area contributed by atoms with Crippen molar-refractivity contribution in [1.29, 1.82) is 0 Å². The molecule has 140 valence electrons. The van der Waals surface area contributed by atoms with Crippen molar-refractivity contribution in [1.82, 2.24) is 0 Å². The van der Waals surface area contributed by atoms with Gasteiger partial charge in [0.05, 0.1) is 5.92 Å². The van der Waals surface area contributed by atoms with Crippen molar-refractivity contribution < 1.29 is 29.0 Å². The Morgan fingerprint density at radius 3 is 2.62 bits per heavy atom. The van der Waals surface area contributed by atoms with Gasteiger partial charge in [0.2, 0.25) is 0 Å². The molecule has 0 aromatic carbocycles. The van der Waals surface area contributed by atoms with E-state index >= 15 is 0 Å². The Kier molecular flexibility index (Phi) is 5.97. The molecule has 0 spiro atoms. The number of ether oxygens (including phenoxy) is 2. The first-order chi connectivity index (χ1) is 12.1. The summed E-state index contributed by atoms with van der Waals surface area (Å²) in [6.07, 6.45) is 1.66. The highest BCUT2D eigenvalue weighted by Crippen LogP contribution is 2.37. The van der Waals surface area contributed by atoms with Crippen molar-refractivity contribution in [2.75, 3.05) is 0 Å². The first-order valence-corrected chi connectivity index (χ1v) is 8.46. The summed E-state index contributed by atoms with van der Waals surface area (Å²) in [5, 5.41) is 10.6. The van der Waals surface area contributed by atoms with Crippen LogP contribution in [0.25, 0.3) is 0 Å². The zero-order chi connectivity index (χ0) is 19.6. The number of allylic oxidation sites excluding steroid dienone is 3. The minimum absolute atomic E-state index is 0.150. The standard InChI is InChI=1S/C20H24O6/c1-6-11(3)19(23)25-15-8-10(2)7-14(21)9-12(4)17(22)18-16(15)13(5)20(24)26-18/h6-7,9,15-18,22H,5,8H2,1-4H3/b10-7+,11-6+,12-9-/t15-,16+,17-,18?/m0/s1. The van der Waals surface area contributed by atoms with E-state index in [1.807, 2.05) is 0 Å². The fraction of sp³-hybridized carbons (Fsp3) is 0.450.